The Hall–Kier alpha value is -0.870. The van der Waals surface area contributed by atoms with Gasteiger partial charge in [0.15, 0.2) is 0 Å². The number of hydrogen-bond acceptors (Lipinski definition) is 3. The predicted octanol–water partition coefficient (Wildman–Crippen LogP) is 3.15. The SMILES string of the molecule is CC(C)CC(C)(O)CNC(=O)c1csc2c1CCCC2. The van der Waals surface area contributed by atoms with Crippen LogP contribution in [0.25, 0.3) is 0 Å². The Labute approximate surface area is 125 Å². The fourth-order valence-corrected chi connectivity index (χ4v) is 4.13. The third kappa shape index (κ3) is 3.83. The molecule has 0 saturated carbocycles. The summed E-state index contributed by atoms with van der Waals surface area (Å²) in [6.07, 6.45) is 5.23. The molecule has 0 bridgehead atoms. The normalized spacial score (nSPS) is 17.6. The zero-order chi connectivity index (χ0) is 14.8. The molecule has 1 aliphatic carbocycles. The van der Waals surface area contributed by atoms with Crippen LogP contribution in [0.3, 0.4) is 0 Å². The molecule has 1 aromatic rings. The van der Waals surface area contributed by atoms with Crippen molar-refractivity contribution in [2.24, 2.45) is 5.92 Å². The van der Waals surface area contributed by atoms with Crippen LogP contribution in [-0.4, -0.2) is 23.2 Å². The van der Waals surface area contributed by atoms with Gasteiger partial charge in [-0.25, -0.2) is 0 Å². The molecule has 3 nitrogen and oxygen atoms in total. The van der Waals surface area contributed by atoms with Gasteiger partial charge in [-0.2, -0.15) is 0 Å². The Bertz CT molecular complexity index is 477. The Morgan fingerprint density at radius 3 is 2.85 bits per heavy atom. The second-order valence-corrected chi connectivity index (χ2v) is 7.50. The number of aryl methyl sites for hydroxylation is 1. The van der Waals surface area contributed by atoms with Crippen LogP contribution in [0.5, 0.6) is 0 Å². The molecular weight excluding hydrogens is 270 g/mol. The number of carbonyl (C=O) groups excluding carboxylic acids is 1. The van der Waals surface area contributed by atoms with Gasteiger partial charge >= 0.3 is 0 Å². The Morgan fingerprint density at radius 1 is 1.45 bits per heavy atom. The highest BCUT2D eigenvalue weighted by molar-refractivity contribution is 7.10. The van der Waals surface area contributed by atoms with Crippen molar-refractivity contribution in [2.45, 2.75) is 58.5 Å². The van der Waals surface area contributed by atoms with Gasteiger partial charge in [0, 0.05) is 16.8 Å². The van der Waals surface area contributed by atoms with Crippen LogP contribution in [0.1, 0.15) is 60.8 Å². The van der Waals surface area contributed by atoms with Gasteiger partial charge in [-0.1, -0.05) is 13.8 Å². The number of aliphatic hydroxyl groups is 1. The molecule has 0 aliphatic heterocycles. The molecule has 2 rings (SSSR count). The zero-order valence-corrected chi connectivity index (χ0v) is 13.5. The lowest BCUT2D eigenvalue weighted by atomic mass is 9.93. The van der Waals surface area contributed by atoms with Crippen molar-refractivity contribution in [2.75, 3.05) is 6.54 Å². The van der Waals surface area contributed by atoms with Gasteiger partial charge < -0.3 is 10.4 Å². The van der Waals surface area contributed by atoms with E-state index in [1.807, 2.05) is 5.38 Å². The lowest BCUT2D eigenvalue weighted by molar-refractivity contribution is 0.0368. The smallest absolute Gasteiger partial charge is 0.252 e. The van der Waals surface area contributed by atoms with E-state index in [1.54, 1.807) is 18.3 Å². The van der Waals surface area contributed by atoms with Gasteiger partial charge in [-0.05, 0) is 50.5 Å². The first-order valence-electron chi connectivity index (χ1n) is 7.49. The zero-order valence-electron chi connectivity index (χ0n) is 12.7. The number of amides is 1. The third-order valence-corrected chi connectivity index (χ3v) is 4.87. The molecule has 0 aromatic carbocycles. The van der Waals surface area contributed by atoms with Crippen LogP contribution in [0.4, 0.5) is 0 Å². The molecule has 1 atom stereocenters. The van der Waals surface area contributed by atoms with Crippen LogP contribution in [0, 0.1) is 5.92 Å². The molecule has 0 spiro atoms. The Morgan fingerprint density at radius 2 is 2.15 bits per heavy atom. The third-order valence-electron chi connectivity index (χ3n) is 3.78. The first-order chi connectivity index (χ1) is 9.39. The van der Waals surface area contributed by atoms with Crippen LogP contribution in [0.2, 0.25) is 0 Å². The van der Waals surface area contributed by atoms with E-state index in [2.05, 4.69) is 19.2 Å². The highest BCUT2D eigenvalue weighted by Gasteiger charge is 2.25. The Balaban J connectivity index is 1.97. The van der Waals surface area contributed by atoms with Gasteiger partial charge in [0.25, 0.3) is 5.91 Å². The van der Waals surface area contributed by atoms with E-state index in [0.717, 1.165) is 18.4 Å². The van der Waals surface area contributed by atoms with Crippen molar-refractivity contribution >= 4 is 17.2 Å². The van der Waals surface area contributed by atoms with Gasteiger partial charge in [0.05, 0.1) is 11.2 Å². The molecule has 1 aliphatic rings. The molecule has 20 heavy (non-hydrogen) atoms. The van der Waals surface area contributed by atoms with Crippen LogP contribution < -0.4 is 5.32 Å². The standard InChI is InChI=1S/C16H25NO2S/c1-11(2)8-16(3,19)10-17-15(18)13-9-20-14-7-5-4-6-12(13)14/h9,11,19H,4-8,10H2,1-3H3,(H,17,18). The minimum atomic E-state index is -0.833. The van der Waals surface area contributed by atoms with Crippen molar-refractivity contribution in [1.82, 2.24) is 5.32 Å². The van der Waals surface area contributed by atoms with Crippen LogP contribution in [-0.2, 0) is 12.8 Å². The van der Waals surface area contributed by atoms with Crippen LogP contribution in [0.15, 0.2) is 5.38 Å². The molecule has 0 saturated heterocycles. The minimum Gasteiger partial charge on any atom is -0.388 e. The van der Waals surface area contributed by atoms with Gasteiger partial charge in [0.1, 0.15) is 0 Å². The van der Waals surface area contributed by atoms with E-state index < -0.39 is 5.60 Å². The first kappa shape index (κ1) is 15.5. The first-order valence-corrected chi connectivity index (χ1v) is 8.37. The summed E-state index contributed by atoms with van der Waals surface area (Å²) in [6, 6.07) is 0. The van der Waals surface area contributed by atoms with Gasteiger partial charge in [0.2, 0.25) is 0 Å². The summed E-state index contributed by atoms with van der Waals surface area (Å²) in [6.45, 7) is 6.25. The molecule has 2 N–H and O–H groups in total. The van der Waals surface area contributed by atoms with E-state index in [1.165, 1.54) is 23.3 Å². The molecule has 1 heterocycles. The van der Waals surface area contributed by atoms with E-state index in [0.29, 0.717) is 18.9 Å². The summed E-state index contributed by atoms with van der Waals surface area (Å²) in [5.74, 6) is 0.379. The van der Waals surface area contributed by atoms with Crippen molar-refractivity contribution in [1.29, 1.82) is 0 Å². The maximum Gasteiger partial charge on any atom is 0.252 e. The maximum atomic E-state index is 12.3. The van der Waals surface area contributed by atoms with Crippen molar-refractivity contribution in [3.05, 3.63) is 21.4 Å². The van der Waals surface area contributed by atoms with Gasteiger partial charge in [-0.15, -0.1) is 11.3 Å². The average Bonchev–Trinajstić information content (AvgIpc) is 2.78. The van der Waals surface area contributed by atoms with E-state index in [9.17, 15) is 9.90 Å². The van der Waals surface area contributed by atoms with E-state index in [4.69, 9.17) is 0 Å². The Kier molecular flexibility index (Phi) is 4.86. The second kappa shape index (κ2) is 6.27. The monoisotopic (exact) mass is 295 g/mol. The summed E-state index contributed by atoms with van der Waals surface area (Å²) in [5, 5.41) is 15.1. The summed E-state index contributed by atoms with van der Waals surface area (Å²) < 4.78 is 0. The topological polar surface area (TPSA) is 49.3 Å². The molecule has 0 fully saturated rings. The fraction of sp³-hybridized carbons (Fsp3) is 0.688. The minimum absolute atomic E-state index is 0.0339. The number of rotatable bonds is 5. The number of thiophene rings is 1. The summed E-state index contributed by atoms with van der Waals surface area (Å²) in [5.41, 5.74) is 1.23. The number of fused-ring (bicyclic) bond motifs is 1. The van der Waals surface area contributed by atoms with E-state index >= 15 is 0 Å². The van der Waals surface area contributed by atoms with E-state index in [-0.39, 0.29) is 5.91 Å². The summed E-state index contributed by atoms with van der Waals surface area (Å²) >= 11 is 1.70. The van der Waals surface area contributed by atoms with Crippen molar-refractivity contribution in [3.63, 3.8) is 0 Å². The molecule has 112 valence electrons. The average molecular weight is 295 g/mol. The fourth-order valence-electron chi connectivity index (χ4n) is 3.00. The number of hydrogen-bond donors (Lipinski definition) is 2. The van der Waals surface area contributed by atoms with Crippen LogP contribution >= 0.6 is 11.3 Å². The summed E-state index contributed by atoms with van der Waals surface area (Å²) in [4.78, 5) is 13.7. The molecule has 1 amide bonds. The predicted molar refractivity (Wildman–Crippen MR) is 83.4 cm³/mol. The molecule has 4 heteroatoms. The molecule has 1 aromatic heterocycles. The highest BCUT2D eigenvalue weighted by atomic mass is 32.1. The van der Waals surface area contributed by atoms with Crippen molar-refractivity contribution in [3.8, 4) is 0 Å². The molecule has 0 radical (unpaired) electrons. The van der Waals surface area contributed by atoms with Crippen molar-refractivity contribution < 1.29 is 9.90 Å². The maximum absolute atomic E-state index is 12.3. The second-order valence-electron chi connectivity index (χ2n) is 6.54. The molecular formula is C16H25NO2S. The lowest BCUT2D eigenvalue weighted by Crippen LogP contribution is -2.41. The van der Waals surface area contributed by atoms with Gasteiger partial charge in [-0.3, -0.25) is 4.79 Å². The number of nitrogens with one attached hydrogen (secondary N) is 1. The highest BCUT2D eigenvalue weighted by Crippen LogP contribution is 2.30. The number of carbonyl (C=O) groups is 1. The summed E-state index contributed by atoms with van der Waals surface area (Å²) in [7, 11) is 0. The molecule has 1 unspecified atom stereocenters. The largest absolute Gasteiger partial charge is 0.388 e. The lowest BCUT2D eigenvalue weighted by Gasteiger charge is -2.25. The quantitative estimate of drug-likeness (QED) is 0.876.